The summed E-state index contributed by atoms with van der Waals surface area (Å²) in [6.45, 7) is 6.45. The van der Waals surface area contributed by atoms with Gasteiger partial charge >= 0.3 is 6.18 Å². The predicted molar refractivity (Wildman–Crippen MR) is 106 cm³/mol. The van der Waals surface area contributed by atoms with Gasteiger partial charge in [0.2, 0.25) is 17.7 Å². The largest absolute Gasteiger partial charge is 0.433 e. The third-order valence-corrected chi connectivity index (χ3v) is 3.72. The third-order valence-electron chi connectivity index (χ3n) is 3.72. The van der Waals surface area contributed by atoms with E-state index in [1.54, 1.807) is 12.1 Å². The highest BCUT2D eigenvalue weighted by Gasteiger charge is 2.33. The van der Waals surface area contributed by atoms with Gasteiger partial charge in [-0.15, -0.1) is 0 Å². The Balaban J connectivity index is 2.04. The van der Waals surface area contributed by atoms with E-state index in [2.05, 4.69) is 40.5 Å². The lowest BCUT2D eigenvalue weighted by molar-refractivity contribution is -0.141. The molecule has 3 heterocycles. The number of nitrogens with zero attached hydrogens (tertiary/aromatic N) is 7. The maximum atomic E-state index is 13.1. The Morgan fingerprint density at radius 2 is 1.68 bits per heavy atom. The van der Waals surface area contributed by atoms with Crippen LogP contribution in [0.2, 0.25) is 0 Å². The lowest BCUT2D eigenvalue weighted by Gasteiger charge is -2.19. The number of halogens is 3. The van der Waals surface area contributed by atoms with Gasteiger partial charge < -0.3 is 10.6 Å². The highest BCUT2D eigenvalue weighted by Crippen LogP contribution is 2.28. The fourth-order valence-corrected chi connectivity index (χ4v) is 2.28. The molecule has 3 rings (SSSR count). The number of alkyl halides is 3. The van der Waals surface area contributed by atoms with Gasteiger partial charge in [0.1, 0.15) is 11.8 Å². The fraction of sp³-hybridized carbons (Fsp3) is 0.316. The average molecular weight is 429 g/mol. The van der Waals surface area contributed by atoms with E-state index >= 15 is 0 Å². The number of nitrogens with one attached hydrogen (secondary N) is 2. The van der Waals surface area contributed by atoms with Crippen molar-refractivity contribution in [2.24, 2.45) is 5.41 Å². The van der Waals surface area contributed by atoms with E-state index in [4.69, 9.17) is 0 Å². The topological polar surface area (TPSA) is 125 Å². The zero-order chi connectivity index (χ0) is 22.6. The second kappa shape index (κ2) is 8.47. The minimum absolute atomic E-state index is 0.0300. The van der Waals surface area contributed by atoms with E-state index < -0.39 is 11.9 Å². The Morgan fingerprint density at radius 1 is 0.935 bits per heavy atom. The molecule has 0 amide bonds. The van der Waals surface area contributed by atoms with Gasteiger partial charge in [0.05, 0.1) is 5.56 Å². The Bertz CT molecular complexity index is 1120. The molecule has 160 valence electrons. The summed E-state index contributed by atoms with van der Waals surface area (Å²) in [6.07, 6.45) is -2.19. The van der Waals surface area contributed by atoms with Gasteiger partial charge in [0, 0.05) is 18.9 Å². The van der Waals surface area contributed by atoms with Crippen molar-refractivity contribution in [1.82, 2.24) is 29.9 Å². The van der Waals surface area contributed by atoms with Gasteiger partial charge in [-0.1, -0.05) is 20.8 Å². The number of hydrogen-bond acceptors (Lipinski definition) is 9. The van der Waals surface area contributed by atoms with E-state index in [1.807, 2.05) is 26.8 Å². The molecule has 0 saturated carbocycles. The molecule has 0 aromatic carbocycles. The first kappa shape index (κ1) is 21.8. The van der Waals surface area contributed by atoms with Crippen LogP contribution in [0.4, 0.5) is 30.9 Å². The quantitative estimate of drug-likeness (QED) is 0.622. The summed E-state index contributed by atoms with van der Waals surface area (Å²) in [5.41, 5.74) is -1.00. The monoisotopic (exact) mass is 429 g/mol. The second-order valence-corrected chi connectivity index (χ2v) is 7.62. The molecular formula is C19H18F3N9. The van der Waals surface area contributed by atoms with Crippen LogP contribution in [0.1, 0.15) is 32.0 Å². The number of nitriles is 1. The molecule has 2 N–H and O–H groups in total. The van der Waals surface area contributed by atoms with Gasteiger partial charge in [-0.25, -0.2) is 15.0 Å². The molecule has 12 heteroatoms. The first-order valence-corrected chi connectivity index (χ1v) is 9.08. The molecule has 0 radical (unpaired) electrons. The molecule has 0 fully saturated rings. The van der Waals surface area contributed by atoms with Crippen LogP contribution < -0.4 is 10.6 Å². The molecule has 0 unspecified atom stereocenters. The van der Waals surface area contributed by atoms with Gasteiger partial charge in [0.25, 0.3) is 0 Å². The highest BCUT2D eigenvalue weighted by atomic mass is 19.4. The number of hydrogen-bond donors (Lipinski definition) is 2. The third kappa shape index (κ3) is 5.81. The summed E-state index contributed by atoms with van der Waals surface area (Å²) in [4.78, 5) is 24.0. The highest BCUT2D eigenvalue weighted by molar-refractivity contribution is 5.60. The molecular weight excluding hydrogens is 411 g/mol. The van der Waals surface area contributed by atoms with Crippen LogP contribution in [0, 0.1) is 16.7 Å². The van der Waals surface area contributed by atoms with Crippen LogP contribution in [0.15, 0.2) is 30.6 Å². The van der Waals surface area contributed by atoms with E-state index in [0.29, 0.717) is 6.54 Å². The number of aromatic nitrogens is 6. The van der Waals surface area contributed by atoms with Gasteiger partial charge in [-0.2, -0.15) is 33.4 Å². The fourth-order valence-electron chi connectivity index (χ4n) is 2.28. The molecule has 31 heavy (non-hydrogen) atoms. The molecule has 0 saturated heterocycles. The van der Waals surface area contributed by atoms with Crippen LogP contribution in [0.3, 0.4) is 0 Å². The first-order valence-electron chi connectivity index (χ1n) is 9.08. The van der Waals surface area contributed by atoms with Crippen molar-refractivity contribution in [2.45, 2.75) is 26.9 Å². The van der Waals surface area contributed by atoms with Crippen molar-refractivity contribution in [1.29, 1.82) is 5.26 Å². The SMILES string of the molecule is CC(C)(C)CNc1nc(Nc2ncccc2C#N)nc(-c2nccc(C(F)(F)F)n2)n1. The summed E-state index contributed by atoms with van der Waals surface area (Å²) >= 11 is 0. The summed E-state index contributed by atoms with van der Waals surface area (Å²) in [6, 6.07) is 5.88. The van der Waals surface area contributed by atoms with Crippen molar-refractivity contribution in [3.63, 3.8) is 0 Å². The van der Waals surface area contributed by atoms with Crippen molar-refractivity contribution in [2.75, 3.05) is 17.2 Å². The Morgan fingerprint density at radius 3 is 2.35 bits per heavy atom. The molecule has 0 bridgehead atoms. The molecule has 0 aliphatic carbocycles. The zero-order valence-electron chi connectivity index (χ0n) is 16.9. The Labute approximate surface area is 175 Å². The zero-order valence-corrected chi connectivity index (χ0v) is 16.9. The van der Waals surface area contributed by atoms with Crippen LogP contribution in [0.5, 0.6) is 0 Å². The normalized spacial score (nSPS) is 11.6. The van der Waals surface area contributed by atoms with E-state index in [0.717, 1.165) is 12.3 Å². The predicted octanol–water partition coefficient (Wildman–Crippen LogP) is 3.82. The lowest BCUT2D eigenvalue weighted by Crippen LogP contribution is -2.21. The van der Waals surface area contributed by atoms with Crippen LogP contribution >= 0.6 is 0 Å². The maximum Gasteiger partial charge on any atom is 0.433 e. The van der Waals surface area contributed by atoms with Gasteiger partial charge in [-0.05, 0) is 23.6 Å². The molecule has 0 atom stereocenters. The summed E-state index contributed by atoms with van der Waals surface area (Å²) < 4.78 is 39.2. The van der Waals surface area contributed by atoms with Crippen molar-refractivity contribution >= 4 is 17.7 Å². The first-order chi connectivity index (χ1) is 14.5. The number of anilines is 3. The second-order valence-electron chi connectivity index (χ2n) is 7.62. The Kier molecular flexibility index (Phi) is 5.96. The minimum Gasteiger partial charge on any atom is -0.354 e. The van der Waals surface area contributed by atoms with Crippen LogP contribution in [0.25, 0.3) is 11.6 Å². The summed E-state index contributed by atoms with van der Waals surface area (Å²) in [7, 11) is 0. The smallest absolute Gasteiger partial charge is 0.354 e. The summed E-state index contributed by atoms with van der Waals surface area (Å²) in [5, 5.41) is 15.1. The molecule has 0 aliphatic heterocycles. The van der Waals surface area contributed by atoms with E-state index in [1.165, 1.54) is 6.20 Å². The molecule has 9 nitrogen and oxygen atoms in total. The lowest BCUT2D eigenvalue weighted by atomic mass is 9.97. The van der Waals surface area contributed by atoms with Gasteiger partial charge in [0.15, 0.2) is 11.6 Å². The van der Waals surface area contributed by atoms with Crippen LogP contribution in [-0.2, 0) is 6.18 Å². The molecule has 3 aromatic rings. The van der Waals surface area contributed by atoms with Crippen molar-refractivity contribution in [3.05, 3.63) is 41.9 Å². The molecule has 0 spiro atoms. The standard InChI is InChI=1S/C19H18F3N9/c1-18(2,3)10-26-16-29-15(14-25-8-6-12(27-14)19(20,21)22)30-17(31-16)28-13-11(9-23)5-4-7-24-13/h4-8H,10H2,1-3H3,(H2,24,26,28,29,30,31). The molecule has 0 aliphatic rings. The average Bonchev–Trinajstić information content (AvgIpc) is 2.71. The van der Waals surface area contributed by atoms with Gasteiger partial charge in [-0.3, -0.25) is 0 Å². The summed E-state index contributed by atoms with van der Waals surface area (Å²) in [5.74, 6) is -0.223. The van der Waals surface area contributed by atoms with E-state index in [9.17, 15) is 18.4 Å². The van der Waals surface area contributed by atoms with Crippen molar-refractivity contribution in [3.8, 4) is 17.7 Å². The maximum absolute atomic E-state index is 13.1. The van der Waals surface area contributed by atoms with E-state index in [-0.39, 0.29) is 40.3 Å². The number of pyridine rings is 1. The van der Waals surface area contributed by atoms with Crippen molar-refractivity contribution < 1.29 is 13.2 Å². The Hall–Kier alpha value is -3.88. The minimum atomic E-state index is -4.64. The molecule has 3 aromatic heterocycles. The number of rotatable bonds is 5. The van der Waals surface area contributed by atoms with Crippen LogP contribution in [-0.4, -0.2) is 36.4 Å².